The molecule has 2 saturated carbocycles. The minimum absolute atomic E-state index is 0. The van der Waals surface area contributed by atoms with Gasteiger partial charge in [-0.15, -0.1) is 0 Å². The van der Waals surface area contributed by atoms with Crippen LogP contribution in [-0.2, 0) is 10.2 Å². The monoisotopic (exact) mass is 368 g/mol. The van der Waals surface area contributed by atoms with Crippen molar-refractivity contribution in [1.82, 2.24) is 10.2 Å². The highest BCUT2D eigenvalue weighted by Gasteiger charge is 2.46. The second kappa shape index (κ2) is 7.24. The highest BCUT2D eigenvalue weighted by molar-refractivity contribution is 5.81. The molecular formula is C24H36N2O. The van der Waals surface area contributed by atoms with Crippen molar-refractivity contribution in [3.63, 3.8) is 0 Å². The first-order chi connectivity index (χ1) is 13.2. The molecule has 1 amide bonds. The van der Waals surface area contributed by atoms with Crippen molar-refractivity contribution in [2.45, 2.75) is 75.7 Å². The number of carbonyl (C=O) groups is 1. The van der Waals surface area contributed by atoms with Crippen molar-refractivity contribution in [1.29, 1.82) is 0 Å². The summed E-state index contributed by atoms with van der Waals surface area (Å²) in [7, 11) is 0. The number of amides is 1. The van der Waals surface area contributed by atoms with Crippen molar-refractivity contribution >= 4 is 5.91 Å². The van der Waals surface area contributed by atoms with Gasteiger partial charge >= 0.3 is 0 Å². The van der Waals surface area contributed by atoms with Crippen LogP contribution in [0.3, 0.4) is 0 Å². The van der Waals surface area contributed by atoms with Gasteiger partial charge in [0.2, 0.25) is 5.91 Å². The lowest BCUT2D eigenvalue weighted by atomic mass is 9.73. The molecule has 3 fully saturated rings. The van der Waals surface area contributed by atoms with Crippen LogP contribution in [0.5, 0.6) is 0 Å². The molecule has 1 N–H and O–H groups in total. The summed E-state index contributed by atoms with van der Waals surface area (Å²) in [6.45, 7) is 3.78. The van der Waals surface area contributed by atoms with Gasteiger partial charge in [-0.3, -0.25) is 4.79 Å². The summed E-state index contributed by atoms with van der Waals surface area (Å²) in [6.07, 6.45) is 13.0. The lowest BCUT2D eigenvalue weighted by Crippen LogP contribution is -2.44. The van der Waals surface area contributed by atoms with E-state index in [1.165, 1.54) is 75.7 Å². The van der Waals surface area contributed by atoms with Crippen LogP contribution >= 0.6 is 0 Å². The average Bonchev–Trinajstić information content (AvgIpc) is 3.51. The first-order valence-electron chi connectivity index (χ1n) is 11.4. The Labute approximate surface area is 165 Å². The summed E-state index contributed by atoms with van der Waals surface area (Å²) in [5.74, 6) is 1.53. The second-order valence-corrected chi connectivity index (χ2v) is 9.71. The summed E-state index contributed by atoms with van der Waals surface area (Å²) in [5, 5.41) is 3.39. The number of carbonyl (C=O) groups excluding carboxylic acids is 1. The molecule has 1 aromatic carbocycles. The van der Waals surface area contributed by atoms with Gasteiger partial charge in [0, 0.05) is 19.3 Å². The number of benzene rings is 1. The van der Waals surface area contributed by atoms with E-state index in [1.54, 1.807) is 0 Å². The molecule has 3 heteroatoms. The molecule has 1 heterocycles. The van der Waals surface area contributed by atoms with Gasteiger partial charge in [-0.2, -0.15) is 0 Å². The van der Waals surface area contributed by atoms with Crippen LogP contribution in [0.1, 0.15) is 82.8 Å². The number of nitrogens with zero attached hydrogens (tertiary/aromatic N) is 1. The minimum Gasteiger partial charge on any atom is -0.349 e. The number of hydrogen-bond acceptors (Lipinski definition) is 2. The first-order valence-corrected chi connectivity index (χ1v) is 11.4. The van der Waals surface area contributed by atoms with Crippen LogP contribution in [0.15, 0.2) is 24.3 Å². The molecule has 27 heavy (non-hydrogen) atoms. The molecule has 148 valence electrons. The number of rotatable bonds is 4. The lowest BCUT2D eigenvalue weighted by molar-refractivity contribution is -0.123. The van der Waals surface area contributed by atoms with Crippen molar-refractivity contribution in [3.8, 4) is 0 Å². The highest BCUT2D eigenvalue weighted by Crippen LogP contribution is 2.51. The van der Waals surface area contributed by atoms with E-state index < -0.39 is 0 Å². The van der Waals surface area contributed by atoms with Gasteiger partial charge in [0.1, 0.15) is 0 Å². The zero-order valence-corrected chi connectivity index (χ0v) is 16.6. The SMILES string of the molecule is O=C(N[C@H]1CC2(CCN(CC3CCCCC3)CC2)c2ccccc21)C1CC1.[HH]. The second-order valence-electron chi connectivity index (χ2n) is 9.71. The van der Waals surface area contributed by atoms with E-state index in [0.29, 0.717) is 17.2 Å². The van der Waals surface area contributed by atoms with Gasteiger partial charge in [-0.05, 0) is 75.1 Å². The van der Waals surface area contributed by atoms with Crippen molar-refractivity contribution < 1.29 is 6.22 Å². The molecule has 3 aliphatic carbocycles. The summed E-state index contributed by atoms with van der Waals surface area (Å²) < 4.78 is 0. The van der Waals surface area contributed by atoms with E-state index in [2.05, 4.69) is 34.5 Å². The molecule has 1 aromatic rings. The quantitative estimate of drug-likeness (QED) is 0.826. The summed E-state index contributed by atoms with van der Waals surface area (Å²) >= 11 is 0. The van der Waals surface area contributed by atoms with Crippen molar-refractivity contribution in [3.05, 3.63) is 35.4 Å². The van der Waals surface area contributed by atoms with E-state index in [-0.39, 0.29) is 7.47 Å². The fourth-order valence-electron chi connectivity index (χ4n) is 6.03. The Morgan fingerprint density at radius 3 is 2.56 bits per heavy atom. The molecule has 4 aliphatic rings. The van der Waals surface area contributed by atoms with Gasteiger partial charge in [-0.1, -0.05) is 43.5 Å². The number of likely N-dealkylation sites (tertiary alicyclic amines) is 1. The molecule has 1 saturated heterocycles. The molecule has 3 nitrogen and oxygen atoms in total. The highest BCUT2D eigenvalue weighted by atomic mass is 16.2. The Morgan fingerprint density at radius 1 is 1.07 bits per heavy atom. The van der Waals surface area contributed by atoms with Gasteiger partial charge in [0.25, 0.3) is 0 Å². The van der Waals surface area contributed by atoms with Gasteiger partial charge < -0.3 is 10.2 Å². The van der Waals surface area contributed by atoms with Gasteiger partial charge in [0.15, 0.2) is 0 Å². The Bertz CT molecular complexity index is 688. The summed E-state index contributed by atoms with van der Waals surface area (Å²) in [6, 6.07) is 9.18. The topological polar surface area (TPSA) is 32.3 Å². The fraction of sp³-hybridized carbons (Fsp3) is 0.708. The van der Waals surface area contributed by atoms with E-state index in [4.69, 9.17) is 0 Å². The predicted molar refractivity (Wildman–Crippen MR) is 111 cm³/mol. The number of hydrogen-bond donors (Lipinski definition) is 1. The Kier molecular flexibility index (Phi) is 4.75. The summed E-state index contributed by atoms with van der Waals surface area (Å²) in [4.78, 5) is 15.1. The number of nitrogens with one attached hydrogen (secondary N) is 1. The summed E-state index contributed by atoms with van der Waals surface area (Å²) in [5.41, 5.74) is 3.22. The van der Waals surface area contributed by atoms with Crippen LogP contribution in [0.25, 0.3) is 0 Å². The van der Waals surface area contributed by atoms with Crippen LogP contribution in [0.4, 0.5) is 0 Å². The van der Waals surface area contributed by atoms with E-state index >= 15 is 0 Å². The van der Waals surface area contributed by atoms with Crippen LogP contribution in [-0.4, -0.2) is 30.4 Å². The Hall–Kier alpha value is -1.35. The van der Waals surface area contributed by atoms with Gasteiger partial charge in [-0.25, -0.2) is 0 Å². The number of piperidine rings is 1. The zero-order chi connectivity index (χ0) is 18.3. The van der Waals surface area contributed by atoms with E-state index in [0.717, 1.165) is 25.2 Å². The molecule has 0 unspecified atom stereocenters. The smallest absolute Gasteiger partial charge is 0.223 e. The molecule has 0 bridgehead atoms. The average molecular weight is 369 g/mol. The molecule has 1 aliphatic heterocycles. The van der Waals surface area contributed by atoms with Crippen LogP contribution in [0, 0.1) is 11.8 Å². The maximum atomic E-state index is 12.4. The van der Waals surface area contributed by atoms with E-state index in [1.807, 2.05) is 0 Å². The maximum Gasteiger partial charge on any atom is 0.223 e. The maximum absolute atomic E-state index is 12.4. The molecule has 1 spiro atoms. The van der Waals surface area contributed by atoms with E-state index in [9.17, 15) is 4.79 Å². The van der Waals surface area contributed by atoms with Gasteiger partial charge in [0.05, 0.1) is 6.04 Å². The minimum atomic E-state index is 0. The normalized spacial score (nSPS) is 28.2. The lowest BCUT2D eigenvalue weighted by Gasteiger charge is -2.42. The molecular weight excluding hydrogens is 332 g/mol. The third-order valence-electron chi connectivity index (χ3n) is 7.82. The third-order valence-corrected chi connectivity index (χ3v) is 7.82. The fourth-order valence-corrected chi connectivity index (χ4v) is 6.03. The van der Waals surface area contributed by atoms with Crippen LogP contribution < -0.4 is 5.32 Å². The van der Waals surface area contributed by atoms with Crippen LogP contribution in [0.2, 0.25) is 0 Å². The standard InChI is InChI=1S/C24H34N2O.H2/c27-23(19-10-11-19)25-22-16-24(21-9-5-4-8-20(21)22)12-14-26(15-13-24)17-18-6-2-1-3-7-18;/h4-5,8-9,18-19,22H,1-3,6-7,10-17H2,(H,25,27);1H/t22-;/m0./s1. The zero-order valence-electron chi connectivity index (χ0n) is 16.6. The third kappa shape index (κ3) is 3.55. The largest absolute Gasteiger partial charge is 0.349 e. The molecule has 5 rings (SSSR count). The Morgan fingerprint density at radius 2 is 1.81 bits per heavy atom. The molecule has 0 radical (unpaired) electrons. The molecule has 0 aromatic heterocycles. The van der Waals surface area contributed by atoms with Crippen molar-refractivity contribution in [2.75, 3.05) is 19.6 Å². The number of fused-ring (bicyclic) bond motifs is 2. The van der Waals surface area contributed by atoms with Crippen molar-refractivity contribution in [2.24, 2.45) is 11.8 Å². The Balaban J connectivity index is 0.00000192. The first kappa shape index (κ1) is 17.7. The predicted octanol–water partition coefficient (Wildman–Crippen LogP) is 4.82. The molecule has 1 atom stereocenters.